The molecule has 120 valence electrons. The van der Waals surface area contributed by atoms with Crippen LogP contribution in [0, 0.1) is 0 Å². The first kappa shape index (κ1) is 14.9. The lowest BCUT2D eigenvalue weighted by atomic mass is 9.87. The summed E-state index contributed by atoms with van der Waals surface area (Å²) in [6, 6.07) is 20.5. The Kier molecular flexibility index (Phi) is 3.37. The summed E-state index contributed by atoms with van der Waals surface area (Å²) in [7, 11) is 0. The Labute approximate surface area is 139 Å². The fraction of sp³-hybridized carbons (Fsp3) is 0.150. The Hall–Kier alpha value is -2.69. The van der Waals surface area contributed by atoms with Gasteiger partial charge in [0.1, 0.15) is 0 Å². The average molecular weight is 319 g/mol. The van der Waals surface area contributed by atoms with Gasteiger partial charge in [-0.15, -0.1) is 0 Å². The molecular weight excluding hydrogens is 302 g/mol. The topological polar surface area (TPSA) is 69.6 Å². The normalized spacial score (nSPS) is 20.7. The molecule has 4 nitrogen and oxygen atoms in total. The summed E-state index contributed by atoms with van der Waals surface area (Å²) in [6.07, 6.45) is -1.04. The molecule has 0 aliphatic carbocycles. The van der Waals surface area contributed by atoms with Crippen LogP contribution in [0.3, 0.4) is 0 Å². The van der Waals surface area contributed by atoms with Gasteiger partial charge in [-0.1, -0.05) is 54.6 Å². The molecule has 4 rings (SSSR count). The highest BCUT2D eigenvalue weighted by atomic mass is 16.3. The summed E-state index contributed by atoms with van der Waals surface area (Å²) >= 11 is 0. The van der Waals surface area contributed by atoms with E-state index in [1.54, 1.807) is 24.3 Å². The zero-order valence-electron chi connectivity index (χ0n) is 12.9. The number of hydrogen-bond acceptors (Lipinski definition) is 3. The number of carbonyl (C=O) groups excluding carboxylic acids is 1. The van der Waals surface area contributed by atoms with Gasteiger partial charge >= 0.3 is 0 Å². The fourth-order valence-electron chi connectivity index (χ4n) is 3.32. The van der Waals surface area contributed by atoms with Crippen LogP contribution >= 0.6 is 0 Å². The first-order valence-corrected chi connectivity index (χ1v) is 7.88. The number of anilines is 1. The van der Waals surface area contributed by atoms with E-state index in [4.69, 9.17) is 0 Å². The van der Waals surface area contributed by atoms with Crippen molar-refractivity contribution < 1.29 is 15.0 Å². The molecule has 4 heteroatoms. The van der Waals surface area contributed by atoms with Gasteiger partial charge in [-0.25, -0.2) is 0 Å². The zero-order chi connectivity index (χ0) is 16.7. The van der Waals surface area contributed by atoms with Gasteiger partial charge < -0.3 is 15.5 Å². The first-order chi connectivity index (χ1) is 11.6. The molecule has 0 fully saturated rings. The van der Waals surface area contributed by atoms with Crippen LogP contribution in [-0.4, -0.2) is 16.1 Å². The molecule has 1 amide bonds. The van der Waals surface area contributed by atoms with Crippen molar-refractivity contribution in [3.8, 4) is 0 Å². The molecule has 1 aliphatic rings. The summed E-state index contributed by atoms with van der Waals surface area (Å²) in [6.45, 7) is 0. The van der Waals surface area contributed by atoms with Gasteiger partial charge in [-0.3, -0.25) is 4.79 Å². The number of hydrogen-bond donors (Lipinski definition) is 3. The summed E-state index contributed by atoms with van der Waals surface area (Å²) < 4.78 is 0. The predicted octanol–water partition coefficient (Wildman–Crippen LogP) is 3.10. The number of carbonyl (C=O) groups is 1. The molecule has 3 aromatic rings. The van der Waals surface area contributed by atoms with Crippen molar-refractivity contribution in [1.82, 2.24) is 0 Å². The maximum atomic E-state index is 12.3. The number of nitrogens with one attached hydrogen (secondary N) is 1. The second kappa shape index (κ2) is 5.44. The Bertz CT molecular complexity index is 937. The van der Waals surface area contributed by atoms with Crippen LogP contribution in [0.2, 0.25) is 0 Å². The predicted molar refractivity (Wildman–Crippen MR) is 92.5 cm³/mol. The lowest BCUT2D eigenvalue weighted by Crippen LogP contribution is -2.35. The maximum Gasteiger partial charge on any atom is 0.261 e. The third-order valence-electron chi connectivity index (χ3n) is 4.64. The van der Waals surface area contributed by atoms with Gasteiger partial charge in [0.2, 0.25) is 0 Å². The third-order valence-corrected chi connectivity index (χ3v) is 4.64. The van der Waals surface area contributed by atoms with Crippen molar-refractivity contribution in [3.05, 3.63) is 77.9 Å². The molecule has 3 N–H and O–H groups in total. The van der Waals surface area contributed by atoms with E-state index < -0.39 is 17.6 Å². The van der Waals surface area contributed by atoms with E-state index in [1.807, 2.05) is 42.5 Å². The van der Waals surface area contributed by atoms with Crippen LogP contribution in [-0.2, 0) is 10.4 Å². The summed E-state index contributed by atoms with van der Waals surface area (Å²) in [5.74, 6) is -0.497. The van der Waals surface area contributed by atoms with Crippen LogP contribution in [0.4, 0.5) is 5.69 Å². The highest BCUT2D eigenvalue weighted by Gasteiger charge is 2.46. The Balaban J connectivity index is 1.67. The molecule has 0 saturated heterocycles. The van der Waals surface area contributed by atoms with E-state index in [0.717, 1.165) is 10.8 Å². The second-order valence-electron chi connectivity index (χ2n) is 6.19. The van der Waals surface area contributed by atoms with E-state index in [-0.39, 0.29) is 6.42 Å². The largest absolute Gasteiger partial charge is 0.388 e. The van der Waals surface area contributed by atoms with E-state index >= 15 is 0 Å². The molecule has 1 heterocycles. The molecule has 0 aromatic heterocycles. The number of para-hydroxylation sites is 1. The van der Waals surface area contributed by atoms with Gasteiger partial charge in [0.25, 0.3) is 5.91 Å². The summed E-state index contributed by atoms with van der Waals surface area (Å²) in [4.78, 5) is 12.3. The molecule has 24 heavy (non-hydrogen) atoms. The second-order valence-corrected chi connectivity index (χ2v) is 6.19. The van der Waals surface area contributed by atoms with E-state index in [2.05, 4.69) is 5.32 Å². The lowest BCUT2D eigenvalue weighted by molar-refractivity contribution is -0.137. The maximum absolute atomic E-state index is 12.3. The van der Waals surface area contributed by atoms with Gasteiger partial charge in [0.15, 0.2) is 5.60 Å². The van der Waals surface area contributed by atoms with Crippen LogP contribution in [0.5, 0.6) is 0 Å². The van der Waals surface area contributed by atoms with Crippen molar-refractivity contribution in [1.29, 1.82) is 0 Å². The molecule has 2 unspecified atom stereocenters. The fourth-order valence-corrected chi connectivity index (χ4v) is 3.32. The molecule has 0 spiro atoms. The number of aliphatic hydroxyl groups is 2. The van der Waals surface area contributed by atoms with Gasteiger partial charge in [0.05, 0.1) is 6.10 Å². The molecule has 0 saturated carbocycles. The zero-order valence-corrected chi connectivity index (χ0v) is 12.9. The lowest BCUT2D eigenvalue weighted by Gasteiger charge is -2.24. The molecule has 1 aliphatic heterocycles. The Morgan fingerprint density at radius 2 is 1.67 bits per heavy atom. The number of benzene rings is 3. The minimum atomic E-state index is -1.72. The van der Waals surface area contributed by atoms with Crippen molar-refractivity contribution in [2.45, 2.75) is 18.1 Å². The smallest absolute Gasteiger partial charge is 0.261 e. The van der Waals surface area contributed by atoms with Crippen molar-refractivity contribution in [3.63, 3.8) is 0 Å². The summed E-state index contributed by atoms with van der Waals surface area (Å²) in [5.41, 5.74) is 0.0617. The van der Waals surface area contributed by atoms with Crippen LogP contribution in [0.1, 0.15) is 23.7 Å². The standard InChI is InChI=1S/C20H17NO3/c22-18(15-10-9-13-5-1-2-6-14(13)11-15)12-20(24)16-7-3-4-8-17(16)21-19(20)23/h1-11,18,22,24H,12H2,(H,21,23). The highest BCUT2D eigenvalue weighted by Crippen LogP contribution is 2.41. The Morgan fingerprint density at radius 1 is 0.958 bits per heavy atom. The Morgan fingerprint density at radius 3 is 2.50 bits per heavy atom. The number of rotatable bonds is 3. The first-order valence-electron chi connectivity index (χ1n) is 7.88. The van der Waals surface area contributed by atoms with E-state index in [9.17, 15) is 15.0 Å². The quantitative estimate of drug-likeness (QED) is 0.695. The van der Waals surface area contributed by atoms with Crippen molar-refractivity contribution in [2.24, 2.45) is 0 Å². The van der Waals surface area contributed by atoms with E-state index in [0.29, 0.717) is 16.8 Å². The molecule has 2 atom stereocenters. The molecule has 3 aromatic carbocycles. The van der Waals surface area contributed by atoms with E-state index in [1.165, 1.54) is 0 Å². The number of amides is 1. The number of fused-ring (bicyclic) bond motifs is 2. The van der Waals surface area contributed by atoms with Crippen LogP contribution in [0.15, 0.2) is 66.7 Å². The monoisotopic (exact) mass is 319 g/mol. The van der Waals surface area contributed by atoms with Gasteiger partial charge in [-0.2, -0.15) is 0 Å². The highest BCUT2D eigenvalue weighted by molar-refractivity contribution is 6.04. The minimum absolute atomic E-state index is 0.0891. The molecule has 0 radical (unpaired) electrons. The van der Waals surface area contributed by atoms with Gasteiger partial charge in [-0.05, 0) is 28.5 Å². The third kappa shape index (κ3) is 2.28. The van der Waals surface area contributed by atoms with Crippen LogP contribution < -0.4 is 5.32 Å². The molecular formula is C20H17NO3. The van der Waals surface area contributed by atoms with Crippen LogP contribution in [0.25, 0.3) is 10.8 Å². The van der Waals surface area contributed by atoms with Gasteiger partial charge in [0, 0.05) is 17.7 Å². The minimum Gasteiger partial charge on any atom is -0.388 e. The van der Waals surface area contributed by atoms with Crippen molar-refractivity contribution >= 4 is 22.4 Å². The van der Waals surface area contributed by atoms with Crippen molar-refractivity contribution in [2.75, 3.05) is 5.32 Å². The molecule has 0 bridgehead atoms. The number of aliphatic hydroxyl groups excluding tert-OH is 1. The summed E-state index contributed by atoms with van der Waals surface area (Å²) in [5, 5.41) is 26.3. The SMILES string of the molecule is O=C1Nc2ccccc2C1(O)CC(O)c1ccc2ccccc2c1. The average Bonchev–Trinajstić information content (AvgIpc) is 2.85.